The lowest BCUT2D eigenvalue weighted by Crippen LogP contribution is -2.28. The van der Waals surface area contributed by atoms with Gasteiger partial charge in [0, 0.05) is 6.07 Å². The van der Waals surface area contributed by atoms with Crippen molar-refractivity contribution >= 4 is 22.4 Å². The Kier molecular flexibility index (Phi) is 2.65. The molecule has 18 heavy (non-hydrogen) atoms. The second-order valence-electron chi connectivity index (χ2n) is 4.06. The molecule has 0 N–H and O–H groups in total. The van der Waals surface area contributed by atoms with E-state index in [4.69, 9.17) is 11.6 Å². The normalized spacial score (nSPS) is 10.7. The molecule has 1 heterocycles. The van der Waals surface area contributed by atoms with Crippen LogP contribution >= 0.6 is 11.6 Å². The van der Waals surface area contributed by atoms with E-state index in [2.05, 4.69) is 0 Å². The van der Waals surface area contributed by atoms with E-state index in [0.29, 0.717) is 10.7 Å². The summed E-state index contributed by atoms with van der Waals surface area (Å²) in [5.41, 5.74) is 1.35. The standard InChI is InChI=1S/C15H10ClNO/c16-14-8-4-3-7-13(14)15-12-6-2-1-5-11(12)9-10-17(15)18/h1-10H. The van der Waals surface area contributed by atoms with Gasteiger partial charge in [0.15, 0.2) is 6.20 Å². The van der Waals surface area contributed by atoms with Crippen molar-refractivity contribution in [3.8, 4) is 11.3 Å². The summed E-state index contributed by atoms with van der Waals surface area (Å²) in [5, 5.41) is 14.6. The van der Waals surface area contributed by atoms with Crippen LogP contribution in [0.2, 0.25) is 5.02 Å². The van der Waals surface area contributed by atoms with Crippen molar-refractivity contribution in [2.24, 2.45) is 0 Å². The molecule has 2 nitrogen and oxygen atoms in total. The Labute approximate surface area is 110 Å². The van der Waals surface area contributed by atoms with Crippen LogP contribution in [-0.2, 0) is 0 Å². The SMILES string of the molecule is [O-][n+]1ccc2ccccc2c1-c1ccccc1Cl. The molecule has 1 aromatic heterocycles. The third-order valence-corrected chi connectivity index (χ3v) is 3.28. The topological polar surface area (TPSA) is 26.9 Å². The van der Waals surface area contributed by atoms with E-state index in [1.54, 1.807) is 6.07 Å². The van der Waals surface area contributed by atoms with Gasteiger partial charge in [0.05, 0.1) is 16.0 Å². The number of aromatic nitrogens is 1. The fourth-order valence-corrected chi connectivity index (χ4v) is 2.34. The maximum atomic E-state index is 12.0. The molecule has 88 valence electrons. The maximum Gasteiger partial charge on any atom is 0.233 e. The molecule has 0 fully saturated rings. The Hall–Kier alpha value is -2.06. The average molecular weight is 256 g/mol. The molecule has 3 aromatic rings. The third kappa shape index (κ3) is 1.71. The molecule has 0 unspecified atom stereocenters. The first-order valence-corrected chi connectivity index (χ1v) is 6.01. The van der Waals surface area contributed by atoms with Crippen molar-refractivity contribution in [2.75, 3.05) is 0 Å². The monoisotopic (exact) mass is 255 g/mol. The molecule has 0 atom stereocenters. The predicted molar refractivity (Wildman–Crippen MR) is 73.4 cm³/mol. The molecule has 3 rings (SSSR count). The van der Waals surface area contributed by atoms with E-state index >= 15 is 0 Å². The summed E-state index contributed by atoms with van der Waals surface area (Å²) in [7, 11) is 0. The number of hydrogen-bond donors (Lipinski definition) is 0. The number of pyridine rings is 1. The molecule has 3 heteroatoms. The van der Waals surface area contributed by atoms with Crippen molar-refractivity contribution < 1.29 is 4.73 Å². The second kappa shape index (κ2) is 4.31. The molecule has 0 saturated heterocycles. The van der Waals surface area contributed by atoms with Gasteiger partial charge in [-0.1, -0.05) is 41.9 Å². The lowest BCUT2D eigenvalue weighted by Gasteiger charge is -2.09. The Morgan fingerprint density at radius 1 is 0.889 bits per heavy atom. The highest BCUT2D eigenvalue weighted by molar-refractivity contribution is 6.33. The highest BCUT2D eigenvalue weighted by Crippen LogP contribution is 2.30. The fraction of sp³-hybridized carbons (Fsp3) is 0. The minimum absolute atomic E-state index is 0.582. The third-order valence-electron chi connectivity index (χ3n) is 2.95. The smallest absolute Gasteiger partial charge is 0.233 e. The largest absolute Gasteiger partial charge is 0.618 e. The van der Waals surface area contributed by atoms with Crippen molar-refractivity contribution in [1.29, 1.82) is 0 Å². The van der Waals surface area contributed by atoms with E-state index in [-0.39, 0.29) is 0 Å². The zero-order valence-electron chi connectivity index (χ0n) is 9.51. The van der Waals surface area contributed by atoms with Gasteiger partial charge in [0.2, 0.25) is 5.69 Å². The van der Waals surface area contributed by atoms with Crippen molar-refractivity contribution in [3.05, 3.63) is 71.0 Å². The van der Waals surface area contributed by atoms with Gasteiger partial charge in [-0.15, -0.1) is 0 Å². The van der Waals surface area contributed by atoms with Gasteiger partial charge in [-0.3, -0.25) is 0 Å². The zero-order chi connectivity index (χ0) is 12.5. The lowest BCUT2D eigenvalue weighted by molar-refractivity contribution is -0.592. The molecular formula is C15H10ClNO. The van der Waals surface area contributed by atoms with Gasteiger partial charge in [-0.25, -0.2) is 0 Å². The van der Waals surface area contributed by atoms with E-state index in [1.807, 2.05) is 48.5 Å². The minimum Gasteiger partial charge on any atom is -0.618 e. The highest BCUT2D eigenvalue weighted by atomic mass is 35.5. The number of hydrogen-bond acceptors (Lipinski definition) is 1. The zero-order valence-corrected chi connectivity index (χ0v) is 10.3. The van der Waals surface area contributed by atoms with Crippen molar-refractivity contribution in [2.45, 2.75) is 0 Å². The quantitative estimate of drug-likeness (QED) is 0.480. The van der Waals surface area contributed by atoms with Crippen LogP contribution in [0.1, 0.15) is 0 Å². The Morgan fingerprint density at radius 2 is 1.61 bits per heavy atom. The molecule has 2 aromatic carbocycles. The number of rotatable bonds is 1. The fourth-order valence-electron chi connectivity index (χ4n) is 2.12. The van der Waals surface area contributed by atoms with Crippen LogP contribution in [-0.4, -0.2) is 0 Å². The van der Waals surface area contributed by atoms with Crippen LogP contribution in [0.25, 0.3) is 22.0 Å². The highest BCUT2D eigenvalue weighted by Gasteiger charge is 2.15. The molecule has 0 radical (unpaired) electrons. The predicted octanol–water partition coefficient (Wildman–Crippen LogP) is 3.79. The first-order valence-electron chi connectivity index (χ1n) is 5.63. The Balaban J connectivity index is 2.42. The Morgan fingerprint density at radius 3 is 2.44 bits per heavy atom. The van der Waals surface area contributed by atoms with E-state index in [1.165, 1.54) is 6.20 Å². The Bertz CT molecular complexity index is 725. The van der Waals surface area contributed by atoms with Gasteiger partial charge < -0.3 is 5.21 Å². The van der Waals surface area contributed by atoms with Crippen LogP contribution in [0, 0.1) is 5.21 Å². The van der Waals surface area contributed by atoms with Crippen LogP contribution in [0.15, 0.2) is 60.8 Å². The van der Waals surface area contributed by atoms with Crippen molar-refractivity contribution in [1.82, 2.24) is 0 Å². The molecular weight excluding hydrogens is 246 g/mol. The summed E-state index contributed by atoms with van der Waals surface area (Å²) >= 11 is 6.18. The molecule has 0 aliphatic carbocycles. The maximum absolute atomic E-state index is 12.0. The molecule has 0 aliphatic heterocycles. The van der Waals surface area contributed by atoms with E-state index < -0.39 is 0 Å². The van der Waals surface area contributed by atoms with Crippen LogP contribution in [0.3, 0.4) is 0 Å². The number of nitrogens with zero attached hydrogens (tertiary/aromatic N) is 1. The van der Waals surface area contributed by atoms with Gasteiger partial charge in [0.1, 0.15) is 0 Å². The molecule has 0 aliphatic rings. The van der Waals surface area contributed by atoms with Crippen molar-refractivity contribution in [3.63, 3.8) is 0 Å². The first kappa shape index (κ1) is 11.1. The molecule has 0 amide bonds. The van der Waals surface area contributed by atoms with E-state index in [0.717, 1.165) is 21.1 Å². The summed E-state index contributed by atoms with van der Waals surface area (Å²) in [5.74, 6) is 0. The molecule has 0 bridgehead atoms. The number of benzene rings is 2. The van der Waals surface area contributed by atoms with E-state index in [9.17, 15) is 5.21 Å². The van der Waals surface area contributed by atoms with Crippen LogP contribution < -0.4 is 4.73 Å². The summed E-state index contributed by atoms with van der Waals surface area (Å²) < 4.78 is 0.865. The van der Waals surface area contributed by atoms with Crippen LogP contribution in [0.5, 0.6) is 0 Å². The lowest BCUT2D eigenvalue weighted by atomic mass is 10.0. The summed E-state index contributed by atoms with van der Waals surface area (Å²) in [6, 6.07) is 17.0. The van der Waals surface area contributed by atoms with Gasteiger partial charge in [-0.05, 0) is 23.6 Å². The van der Waals surface area contributed by atoms with Gasteiger partial charge in [-0.2, -0.15) is 4.73 Å². The average Bonchev–Trinajstić information content (AvgIpc) is 2.40. The van der Waals surface area contributed by atoms with Gasteiger partial charge in [0.25, 0.3) is 0 Å². The summed E-state index contributed by atoms with van der Waals surface area (Å²) in [4.78, 5) is 0. The first-order chi connectivity index (χ1) is 8.77. The summed E-state index contributed by atoms with van der Waals surface area (Å²) in [6.45, 7) is 0. The van der Waals surface area contributed by atoms with Gasteiger partial charge >= 0.3 is 0 Å². The molecule has 0 saturated carbocycles. The minimum atomic E-state index is 0.582. The van der Waals surface area contributed by atoms with Crippen LogP contribution in [0.4, 0.5) is 0 Å². The second-order valence-corrected chi connectivity index (χ2v) is 4.46. The number of fused-ring (bicyclic) bond motifs is 1. The number of halogens is 1. The molecule has 0 spiro atoms. The summed E-state index contributed by atoms with van der Waals surface area (Å²) in [6.07, 6.45) is 1.51.